The highest BCUT2D eigenvalue weighted by atomic mass is 35.5. The molecule has 0 spiro atoms. The smallest absolute Gasteiger partial charge is 0.251 e. The van der Waals surface area contributed by atoms with Gasteiger partial charge >= 0.3 is 0 Å². The minimum Gasteiger partial charge on any atom is -0.493 e. The maximum atomic E-state index is 12.0. The number of ether oxygens (including phenoxy) is 2. The third-order valence-corrected chi connectivity index (χ3v) is 4.57. The molecule has 2 amide bonds. The van der Waals surface area contributed by atoms with E-state index in [2.05, 4.69) is 10.6 Å². The lowest BCUT2D eigenvalue weighted by atomic mass is 10.2. The first kappa shape index (κ1) is 22.8. The maximum absolute atomic E-state index is 12.0. The number of rotatable bonds is 10. The quantitative estimate of drug-likeness (QED) is 0.544. The third kappa shape index (κ3) is 7.15. The second kappa shape index (κ2) is 11.5. The molecule has 0 atom stereocenters. The third-order valence-electron chi connectivity index (χ3n) is 4.04. The molecule has 29 heavy (non-hydrogen) atoms. The molecule has 0 saturated heterocycles. The Hall–Kier alpha value is -2.44. The van der Waals surface area contributed by atoms with Crippen LogP contribution >= 0.6 is 23.2 Å². The molecule has 0 heterocycles. The molecular formula is C21H24Cl2N2O4. The molecule has 2 rings (SSSR count). The summed E-state index contributed by atoms with van der Waals surface area (Å²) in [4.78, 5) is 24.0. The number of amides is 2. The van der Waals surface area contributed by atoms with Crippen molar-refractivity contribution in [3.63, 3.8) is 0 Å². The summed E-state index contributed by atoms with van der Waals surface area (Å²) in [5, 5.41) is 6.62. The van der Waals surface area contributed by atoms with Crippen LogP contribution < -0.4 is 20.1 Å². The highest BCUT2D eigenvalue weighted by Crippen LogP contribution is 2.36. The molecule has 0 aliphatic heterocycles. The predicted molar refractivity (Wildman–Crippen MR) is 114 cm³/mol. The fraction of sp³-hybridized carbons (Fsp3) is 0.333. The van der Waals surface area contributed by atoms with Gasteiger partial charge in [-0.2, -0.15) is 0 Å². The zero-order valence-corrected chi connectivity index (χ0v) is 17.9. The van der Waals surface area contributed by atoms with Crippen molar-refractivity contribution in [2.45, 2.75) is 26.3 Å². The van der Waals surface area contributed by atoms with Gasteiger partial charge in [0.05, 0.1) is 18.7 Å². The van der Waals surface area contributed by atoms with E-state index >= 15 is 0 Å². The van der Waals surface area contributed by atoms with Gasteiger partial charge in [0, 0.05) is 30.1 Å². The van der Waals surface area contributed by atoms with Gasteiger partial charge in [-0.3, -0.25) is 9.59 Å². The number of nitrogens with one attached hydrogen (secondary N) is 2. The Morgan fingerprint density at radius 1 is 1.07 bits per heavy atom. The van der Waals surface area contributed by atoms with E-state index in [1.807, 2.05) is 6.92 Å². The van der Waals surface area contributed by atoms with Crippen molar-refractivity contribution in [2.75, 3.05) is 20.3 Å². The van der Waals surface area contributed by atoms with Crippen LogP contribution in [0.4, 0.5) is 0 Å². The Morgan fingerprint density at radius 3 is 2.45 bits per heavy atom. The molecule has 0 aliphatic carbocycles. The van der Waals surface area contributed by atoms with Gasteiger partial charge in [0.2, 0.25) is 5.91 Å². The Morgan fingerprint density at radius 2 is 1.79 bits per heavy atom. The van der Waals surface area contributed by atoms with Crippen LogP contribution in [-0.2, 0) is 11.3 Å². The molecule has 0 radical (unpaired) electrons. The second-order valence-electron chi connectivity index (χ2n) is 6.19. The van der Waals surface area contributed by atoms with E-state index in [1.54, 1.807) is 36.4 Å². The Balaban J connectivity index is 1.75. The molecule has 0 unspecified atom stereocenters. The molecule has 2 N–H and O–H groups in total. The number of hydrogen-bond donors (Lipinski definition) is 2. The number of benzene rings is 2. The van der Waals surface area contributed by atoms with Crippen LogP contribution in [-0.4, -0.2) is 32.1 Å². The Labute approximate surface area is 180 Å². The number of hydrogen-bond acceptors (Lipinski definition) is 4. The van der Waals surface area contributed by atoms with Crippen LogP contribution in [0.1, 0.15) is 35.7 Å². The van der Waals surface area contributed by atoms with Crippen molar-refractivity contribution in [1.29, 1.82) is 0 Å². The molecule has 8 heteroatoms. The molecule has 0 bridgehead atoms. The van der Waals surface area contributed by atoms with Crippen LogP contribution in [0.5, 0.6) is 11.5 Å². The molecule has 2 aromatic carbocycles. The summed E-state index contributed by atoms with van der Waals surface area (Å²) >= 11 is 12.0. The largest absolute Gasteiger partial charge is 0.493 e. The number of halogens is 2. The van der Waals surface area contributed by atoms with E-state index in [0.717, 1.165) is 5.56 Å². The summed E-state index contributed by atoms with van der Waals surface area (Å²) in [6, 6.07) is 10.1. The Kier molecular flexibility index (Phi) is 9.09. The van der Waals surface area contributed by atoms with Crippen molar-refractivity contribution < 1.29 is 19.1 Å². The minimum absolute atomic E-state index is 0.116. The summed E-state index contributed by atoms with van der Waals surface area (Å²) in [5.41, 5.74) is 1.33. The highest BCUT2D eigenvalue weighted by molar-refractivity contribution is 6.32. The normalized spacial score (nSPS) is 10.3. The molecule has 0 aromatic heterocycles. The predicted octanol–water partition coefficient (Wildman–Crippen LogP) is 4.23. The first-order valence-electron chi connectivity index (χ1n) is 9.24. The lowest BCUT2D eigenvalue weighted by molar-refractivity contribution is -0.121. The van der Waals surface area contributed by atoms with Crippen LogP contribution in [0, 0.1) is 0 Å². The van der Waals surface area contributed by atoms with Gasteiger partial charge in [0.25, 0.3) is 5.91 Å². The van der Waals surface area contributed by atoms with Gasteiger partial charge in [-0.25, -0.2) is 0 Å². The van der Waals surface area contributed by atoms with Crippen molar-refractivity contribution in [3.05, 3.63) is 57.6 Å². The lowest BCUT2D eigenvalue weighted by Crippen LogP contribution is -2.27. The summed E-state index contributed by atoms with van der Waals surface area (Å²) in [7, 11) is 1.54. The summed E-state index contributed by atoms with van der Waals surface area (Å²) < 4.78 is 10.8. The minimum atomic E-state index is -0.196. The first-order valence-corrected chi connectivity index (χ1v) is 9.99. The van der Waals surface area contributed by atoms with Gasteiger partial charge in [-0.05, 0) is 55.3 Å². The molecule has 2 aromatic rings. The molecule has 156 valence electrons. The van der Waals surface area contributed by atoms with Crippen molar-refractivity contribution in [3.8, 4) is 11.5 Å². The van der Waals surface area contributed by atoms with Crippen LogP contribution in [0.2, 0.25) is 10.0 Å². The SMILES string of the molecule is CCOc1c(Cl)cc(CNC(=O)CCCNC(=O)c2ccc(Cl)cc2)cc1OC. The second-order valence-corrected chi connectivity index (χ2v) is 7.03. The van der Waals surface area contributed by atoms with E-state index in [4.69, 9.17) is 32.7 Å². The van der Waals surface area contributed by atoms with E-state index in [1.165, 1.54) is 7.11 Å². The highest BCUT2D eigenvalue weighted by Gasteiger charge is 2.12. The fourth-order valence-corrected chi connectivity index (χ4v) is 3.02. The fourth-order valence-electron chi connectivity index (χ4n) is 2.60. The average Bonchev–Trinajstić information content (AvgIpc) is 2.71. The van der Waals surface area contributed by atoms with E-state index in [0.29, 0.717) is 59.6 Å². The zero-order valence-electron chi connectivity index (χ0n) is 16.4. The molecule has 6 nitrogen and oxygen atoms in total. The standard InChI is InChI=1S/C21H24Cl2N2O4/c1-3-29-20-17(23)11-14(12-18(20)28-2)13-25-19(26)5-4-10-24-21(27)15-6-8-16(22)9-7-15/h6-9,11-12H,3-5,10,13H2,1-2H3,(H,24,27)(H,25,26). The number of carbonyl (C=O) groups excluding carboxylic acids is 2. The van der Waals surface area contributed by atoms with Crippen molar-refractivity contribution in [1.82, 2.24) is 10.6 Å². The van der Waals surface area contributed by atoms with E-state index in [9.17, 15) is 9.59 Å². The summed E-state index contributed by atoms with van der Waals surface area (Å²) in [6.45, 7) is 3.05. The summed E-state index contributed by atoms with van der Waals surface area (Å²) in [5.74, 6) is 0.699. The van der Waals surface area contributed by atoms with Crippen LogP contribution in [0.3, 0.4) is 0 Å². The van der Waals surface area contributed by atoms with Crippen LogP contribution in [0.15, 0.2) is 36.4 Å². The average molecular weight is 439 g/mol. The van der Waals surface area contributed by atoms with Gasteiger partial charge in [-0.15, -0.1) is 0 Å². The number of carbonyl (C=O) groups is 2. The topological polar surface area (TPSA) is 76.7 Å². The molecule has 0 fully saturated rings. The van der Waals surface area contributed by atoms with Gasteiger partial charge in [0.1, 0.15) is 0 Å². The number of methoxy groups -OCH3 is 1. The van der Waals surface area contributed by atoms with E-state index < -0.39 is 0 Å². The molecule has 0 aliphatic rings. The zero-order chi connectivity index (χ0) is 21.2. The molecular weight excluding hydrogens is 415 g/mol. The first-order chi connectivity index (χ1) is 13.9. The van der Waals surface area contributed by atoms with E-state index in [-0.39, 0.29) is 11.8 Å². The van der Waals surface area contributed by atoms with Gasteiger partial charge in [0.15, 0.2) is 11.5 Å². The monoisotopic (exact) mass is 438 g/mol. The Bertz CT molecular complexity index is 841. The van der Waals surface area contributed by atoms with Crippen LogP contribution in [0.25, 0.3) is 0 Å². The summed E-state index contributed by atoms with van der Waals surface area (Å²) in [6.07, 6.45) is 0.821. The van der Waals surface area contributed by atoms with Gasteiger partial charge in [-0.1, -0.05) is 23.2 Å². The lowest BCUT2D eigenvalue weighted by Gasteiger charge is -2.13. The van der Waals surface area contributed by atoms with Crippen molar-refractivity contribution >= 4 is 35.0 Å². The van der Waals surface area contributed by atoms with Crippen molar-refractivity contribution in [2.24, 2.45) is 0 Å². The van der Waals surface area contributed by atoms with Gasteiger partial charge < -0.3 is 20.1 Å². The maximum Gasteiger partial charge on any atom is 0.251 e. The molecule has 0 saturated carbocycles.